The number of aliphatic hydroxyl groups is 1. The summed E-state index contributed by atoms with van der Waals surface area (Å²) in [5.74, 6) is -0.576. The molecule has 0 saturated carbocycles. The Morgan fingerprint density at radius 1 is 1.39 bits per heavy atom. The molecule has 2 aliphatic rings. The molecule has 0 radical (unpaired) electrons. The van der Waals surface area contributed by atoms with Crippen LogP contribution in [0, 0.1) is 0 Å². The number of carbonyl (C=O) groups excluding carboxylic acids is 1. The van der Waals surface area contributed by atoms with E-state index in [-0.39, 0.29) is 17.1 Å². The summed E-state index contributed by atoms with van der Waals surface area (Å²) in [5, 5.41) is 20.3. The van der Waals surface area contributed by atoms with Crippen LogP contribution in [-0.2, 0) is 9.47 Å². The Bertz CT molecular complexity index is 627. The van der Waals surface area contributed by atoms with Gasteiger partial charge in [-0.2, -0.15) is 0 Å². The van der Waals surface area contributed by atoms with Crippen LogP contribution in [0.3, 0.4) is 0 Å². The Balaban J connectivity index is 2.06. The molecule has 0 bridgehead atoms. The lowest BCUT2D eigenvalue weighted by molar-refractivity contribution is -0.0544. The number of benzene rings is 1. The lowest BCUT2D eigenvalue weighted by Gasteiger charge is -2.28. The van der Waals surface area contributed by atoms with Gasteiger partial charge < -0.3 is 29.2 Å². The molecular formula is C16H20O7. The van der Waals surface area contributed by atoms with Crippen LogP contribution < -0.4 is 9.47 Å². The molecule has 0 aliphatic carbocycles. The fourth-order valence-electron chi connectivity index (χ4n) is 3.21. The molecule has 2 N–H and O–H groups in total. The Kier molecular flexibility index (Phi) is 4.08. The van der Waals surface area contributed by atoms with Crippen molar-refractivity contribution in [3.05, 3.63) is 17.2 Å². The molecule has 4 atom stereocenters. The highest BCUT2D eigenvalue weighted by atomic mass is 16.6. The van der Waals surface area contributed by atoms with Crippen LogP contribution in [0.25, 0.3) is 0 Å². The van der Waals surface area contributed by atoms with Crippen molar-refractivity contribution in [1.29, 1.82) is 0 Å². The summed E-state index contributed by atoms with van der Waals surface area (Å²) in [7, 11) is 2.82. The Hall–Kier alpha value is -1.99. The van der Waals surface area contributed by atoms with Crippen molar-refractivity contribution < 1.29 is 34.0 Å². The molecule has 1 aromatic carbocycles. The quantitative estimate of drug-likeness (QED) is 0.811. The van der Waals surface area contributed by atoms with Crippen molar-refractivity contribution in [2.24, 2.45) is 0 Å². The third-order valence-corrected chi connectivity index (χ3v) is 4.42. The molecule has 126 valence electrons. The normalized spacial score (nSPS) is 27.0. The monoisotopic (exact) mass is 324 g/mol. The number of methoxy groups -OCH3 is 2. The number of fused-ring (bicyclic) bond motifs is 3. The summed E-state index contributed by atoms with van der Waals surface area (Å²) in [5.41, 5.74) is 0.516. The summed E-state index contributed by atoms with van der Waals surface area (Å²) in [6.45, 7) is 1.86. The van der Waals surface area contributed by atoms with E-state index in [1.54, 1.807) is 6.07 Å². The molecule has 3 rings (SSSR count). The van der Waals surface area contributed by atoms with Crippen LogP contribution in [0.5, 0.6) is 17.2 Å². The maximum Gasteiger partial charge on any atom is 0.342 e. The van der Waals surface area contributed by atoms with Gasteiger partial charge in [0.25, 0.3) is 0 Å². The van der Waals surface area contributed by atoms with Gasteiger partial charge in [0.2, 0.25) is 5.75 Å². The van der Waals surface area contributed by atoms with Gasteiger partial charge in [-0.1, -0.05) is 6.92 Å². The van der Waals surface area contributed by atoms with E-state index in [0.717, 1.165) is 0 Å². The van der Waals surface area contributed by atoms with Crippen LogP contribution in [0.2, 0.25) is 0 Å². The molecule has 7 heteroatoms. The molecule has 1 aromatic rings. The van der Waals surface area contributed by atoms with E-state index in [2.05, 4.69) is 0 Å². The zero-order valence-electron chi connectivity index (χ0n) is 13.2. The number of ether oxygens (including phenoxy) is 4. The number of esters is 1. The number of hydrogen-bond donors (Lipinski definition) is 2. The summed E-state index contributed by atoms with van der Waals surface area (Å²) < 4.78 is 21.6. The fraction of sp³-hybridized carbons (Fsp3) is 0.562. The van der Waals surface area contributed by atoms with Crippen molar-refractivity contribution in [3.63, 3.8) is 0 Å². The van der Waals surface area contributed by atoms with E-state index in [1.165, 1.54) is 14.2 Å². The molecule has 0 amide bonds. The number of aliphatic hydroxyl groups excluding tert-OH is 1. The molecule has 0 unspecified atom stereocenters. The SMILES string of the molecule is CC[C@@H](O)[C@H]1C[C@H]2OC(=O)c3c(cc(OC)c(OC)c3O)[C@H]2O1. The average Bonchev–Trinajstić information content (AvgIpc) is 2.97. The minimum Gasteiger partial charge on any atom is -0.504 e. The topological polar surface area (TPSA) is 94.5 Å². The highest BCUT2D eigenvalue weighted by molar-refractivity contribution is 5.97. The molecule has 0 spiro atoms. The molecule has 7 nitrogen and oxygen atoms in total. The zero-order chi connectivity index (χ0) is 16.7. The van der Waals surface area contributed by atoms with E-state index in [9.17, 15) is 15.0 Å². The molecule has 0 aromatic heterocycles. The van der Waals surface area contributed by atoms with E-state index >= 15 is 0 Å². The minimum absolute atomic E-state index is 0.0236. The number of hydrogen-bond acceptors (Lipinski definition) is 7. The highest BCUT2D eigenvalue weighted by Crippen LogP contribution is 2.50. The second-order valence-corrected chi connectivity index (χ2v) is 5.68. The van der Waals surface area contributed by atoms with Crippen LogP contribution in [0.4, 0.5) is 0 Å². The summed E-state index contributed by atoms with van der Waals surface area (Å²) >= 11 is 0. The predicted octanol–water partition coefficient (Wildman–Crippen LogP) is 1.55. The smallest absolute Gasteiger partial charge is 0.342 e. The third kappa shape index (κ3) is 2.40. The van der Waals surface area contributed by atoms with Gasteiger partial charge in [-0.25, -0.2) is 4.79 Å². The van der Waals surface area contributed by atoms with Gasteiger partial charge in [0.1, 0.15) is 17.8 Å². The Morgan fingerprint density at radius 2 is 2.13 bits per heavy atom. The molecule has 2 aliphatic heterocycles. The molecular weight excluding hydrogens is 304 g/mol. The van der Waals surface area contributed by atoms with Gasteiger partial charge in [-0.15, -0.1) is 0 Å². The first-order chi connectivity index (χ1) is 11.0. The second-order valence-electron chi connectivity index (χ2n) is 5.68. The van der Waals surface area contributed by atoms with Crippen LogP contribution in [-0.4, -0.2) is 48.7 Å². The zero-order valence-corrected chi connectivity index (χ0v) is 13.2. The maximum atomic E-state index is 12.3. The lowest BCUT2D eigenvalue weighted by atomic mass is 9.93. The molecule has 23 heavy (non-hydrogen) atoms. The number of carbonyl (C=O) groups is 1. The first-order valence-corrected chi connectivity index (χ1v) is 7.54. The van der Waals surface area contributed by atoms with Crippen molar-refractivity contribution in [2.75, 3.05) is 14.2 Å². The highest BCUT2D eigenvalue weighted by Gasteiger charge is 2.47. The van der Waals surface area contributed by atoms with Gasteiger partial charge in [-0.3, -0.25) is 0 Å². The van der Waals surface area contributed by atoms with E-state index in [4.69, 9.17) is 18.9 Å². The number of phenols is 1. The van der Waals surface area contributed by atoms with Gasteiger partial charge >= 0.3 is 5.97 Å². The second kappa shape index (κ2) is 5.90. The van der Waals surface area contributed by atoms with Crippen molar-refractivity contribution in [3.8, 4) is 17.2 Å². The molecule has 1 fully saturated rings. The fourth-order valence-corrected chi connectivity index (χ4v) is 3.21. The Labute approximate surface area is 133 Å². The summed E-state index contributed by atoms with van der Waals surface area (Å²) in [4.78, 5) is 12.3. The predicted molar refractivity (Wildman–Crippen MR) is 78.9 cm³/mol. The van der Waals surface area contributed by atoms with Crippen molar-refractivity contribution in [2.45, 2.75) is 44.2 Å². The number of phenolic OH excluding ortho intramolecular Hbond substituents is 1. The summed E-state index contributed by atoms with van der Waals surface area (Å²) in [6.07, 6.45) is -1.11. The van der Waals surface area contributed by atoms with E-state index in [1.807, 2.05) is 6.92 Å². The van der Waals surface area contributed by atoms with Crippen molar-refractivity contribution >= 4 is 5.97 Å². The first kappa shape index (κ1) is 15.9. The summed E-state index contributed by atoms with van der Waals surface area (Å²) in [6, 6.07) is 1.62. The number of rotatable bonds is 4. The molecule has 2 heterocycles. The van der Waals surface area contributed by atoms with Crippen molar-refractivity contribution in [1.82, 2.24) is 0 Å². The van der Waals surface area contributed by atoms with Crippen LogP contribution >= 0.6 is 0 Å². The first-order valence-electron chi connectivity index (χ1n) is 7.54. The third-order valence-electron chi connectivity index (χ3n) is 4.42. The maximum absolute atomic E-state index is 12.3. The van der Waals surface area contributed by atoms with Gasteiger partial charge in [0.05, 0.1) is 26.4 Å². The van der Waals surface area contributed by atoms with Gasteiger partial charge in [-0.05, 0) is 12.5 Å². The van der Waals surface area contributed by atoms with Gasteiger partial charge in [0, 0.05) is 12.0 Å². The lowest BCUT2D eigenvalue weighted by Crippen LogP contribution is -2.29. The van der Waals surface area contributed by atoms with Crippen LogP contribution in [0.15, 0.2) is 6.07 Å². The van der Waals surface area contributed by atoms with E-state index in [0.29, 0.717) is 24.2 Å². The van der Waals surface area contributed by atoms with Crippen LogP contribution in [0.1, 0.15) is 41.8 Å². The minimum atomic E-state index is -0.630. The molecule has 1 saturated heterocycles. The standard InChI is InChI=1S/C16H20O7/c1-4-8(17)9-6-11-14(22-9)7-5-10(20-2)15(21-3)13(18)12(7)16(19)23-11/h5,8-9,11,14,17-18H,4,6H2,1-3H3/t8-,9-,11-,14-/m1/s1. The number of aromatic hydroxyl groups is 1. The largest absolute Gasteiger partial charge is 0.504 e. The van der Waals surface area contributed by atoms with E-state index < -0.39 is 30.4 Å². The average molecular weight is 324 g/mol. The van der Waals surface area contributed by atoms with Gasteiger partial charge in [0.15, 0.2) is 11.5 Å². The Morgan fingerprint density at radius 3 is 2.74 bits per heavy atom.